The number of aromatic nitrogens is 4. The smallest absolute Gasteiger partial charge is 0.391 e. The van der Waals surface area contributed by atoms with E-state index in [1.165, 1.54) is 17.3 Å². The molecular weight excluding hydrogens is 415 g/mol. The van der Waals surface area contributed by atoms with Gasteiger partial charge in [-0.05, 0) is 31.0 Å². The van der Waals surface area contributed by atoms with Crippen LogP contribution in [0, 0.1) is 0 Å². The van der Waals surface area contributed by atoms with Crippen molar-refractivity contribution in [2.45, 2.75) is 25.1 Å². The molecule has 1 atom stereocenters. The maximum absolute atomic E-state index is 13.5. The van der Waals surface area contributed by atoms with E-state index in [1.54, 1.807) is 7.05 Å². The van der Waals surface area contributed by atoms with Gasteiger partial charge in [-0.2, -0.15) is 23.1 Å². The van der Waals surface area contributed by atoms with Crippen LogP contribution >= 0.6 is 0 Å². The fourth-order valence-corrected chi connectivity index (χ4v) is 3.51. The standard InChI is InChI=1S/C19H20F3N7O2/c1-23-15-14-16(25-9-24-14)28-18(27-15)26-12-6-10(5-11(7-12)19(20,21)22)17(31)29-4-2-3-13(30)8-29/h5-7,9,13,30H,2-4,8H2,1H3,(H3,23,24,25,26,27,28). The molecule has 1 aromatic carbocycles. The van der Waals surface area contributed by atoms with Crippen molar-refractivity contribution in [3.8, 4) is 0 Å². The number of rotatable bonds is 4. The molecule has 0 aliphatic carbocycles. The van der Waals surface area contributed by atoms with Crippen molar-refractivity contribution in [2.24, 2.45) is 0 Å². The lowest BCUT2D eigenvalue weighted by Gasteiger charge is -2.30. The Balaban J connectivity index is 1.70. The molecule has 0 radical (unpaired) electrons. The zero-order valence-corrected chi connectivity index (χ0v) is 16.5. The van der Waals surface area contributed by atoms with Crippen molar-refractivity contribution in [3.63, 3.8) is 0 Å². The first-order valence-electron chi connectivity index (χ1n) is 9.60. The largest absolute Gasteiger partial charge is 0.416 e. The predicted octanol–water partition coefficient (Wildman–Crippen LogP) is 2.75. The zero-order valence-electron chi connectivity index (χ0n) is 16.5. The van der Waals surface area contributed by atoms with Gasteiger partial charge in [-0.25, -0.2) is 4.98 Å². The third-order valence-electron chi connectivity index (χ3n) is 4.97. The second kappa shape index (κ2) is 8.02. The number of aliphatic hydroxyl groups is 1. The SMILES string of the molecule is CNc1nc(Nc2cc(C(=O)N3CCCC(O)C3)cc(C(F)(F)F)c2)nc2nc[nH]c12. The molecule has 31 heavy (non-hydrogen) atoms. The predicted molar refractivity (Wildman–Crippen MR) is 107 cm³/mol. The number of aliphatic hydroxyl groups excluding tert-OH is 1. The highest BCUT2D eigenvalue weighted by molar-refractivity contribution is 5.95. The monoisotopic (exact) mass is 435 g/mol. The molecule has 3 aromatic rings. The van der Waals surface area contributed by atoms with Crippen LogP contribution in [0.3, 0.4) is 0 Å². The summed E-state index contributed by atoms with van der Waals surface area (Å²) >= 11 is 0. The summed E-state index contributed by atoms with van der Waals surface area (Å²) in [4.78, 5) is 29.6. The minimum Gasteiger partial charge on any atom is -0.391 e. The Kier molecular flexibility index (Phi) is 5.39. The fourth-order valence-electron chi connectivity index (χ4n) is 3.51. The summed E-state index contributed by atoms with van der Waals surface area (Å²) in [7, 11) is 1.64. The number of H-pyrrole nitrogens is 1. The second-order valence-corrected chi connectivity index (χ2v) is 7.22. The summed E-state index contributed by atoms with van der Waals surface area (Å²) in [6.07, 6.45) is -2.77. The number of imidazole rings is 1. The molecule has 164 valence electrons. The number of nitrogens with one attached hydrogen (secondary N) is 3. The molecule has 1 fully saturated rings. The number of amides is 1. The molecule has 1 aliphatic heterocycles. The van der Waals surface area contributed by atoms with E-state index in [9.17, 15) is 23.1 Å². The fraction of sp³-hybridized carbons (Fsp3) is 0.368. The normalized spacial score (nSPS) is 17.1. The summed E-state index contributed by atoms with van der Waals surface area (Å²) in [5, 5.41) is 15.4. The molecular formula is C19H20F3N7O2. The van der Waals surface area contributed by atoms with E-state index in [-0.39, 0.29) is 23.7 Å². The Labute approximate surface area is 174 Å². The zero-order chi connectivity index (χ0) is 22.2. The third kappa shape index (κ3) is 4.38. The number of β-amino-alcohol motifs (C(OH)–C–C–N with tert-alkyl or cyclic N) is 1. The maximum Gasteiger partial charge on any atom is 0.416 e. The van der Waals surface area contributed by atoms with Gasteiger partial charge in [-0.3, -0.25) is 4.79 Å². The number of anilines is 3. The molecule has 0 spiro atoms. The Hall–Kier alpha value is -3.41. The Morgan fingerprint density at radius 1 is 1.29 bits per heavy atom. The van der Waals surface area contributed by atoms with Crippen LogP contribution in [0.1, 0.15) is 28.8 Å². The molecule has 0 saturated carbocycles. The van der Waals surface area contributed by atoms with E-state index >= 15 is 0 Å². The highest BCUT2D eigenvalue weighted by Crippen LogP contribution is 2.33. The van der Waals surface area contributed by atoms with E-state index in [0.29, 0.717) is 36.4 Å². The molecule has 1 saturated heterocycles. The van der Waals surface area contributed by atoms with Crippen molar-refractivity contribution < 1.29 is 23.1 Å². The molecule has 4 N–H and O–H groups in total. The van der Waals surface area contributed by atoms with E-state index in [4.69, 9.17) is 0 Å². The topological polar surface area (TPSA) is 119 Å². The number of likely N-dealkylation sites (tertiary alicyclic amines) is 1. The molecule has 3 heterocycles. The summed E-state index contributed by atoms with van der Waals surface area (Å²) in [5.74, 6) is -0.141. The Morgan fingerprint density at radius 3 is 2.81 bits per heavy atom. The number of hydrogen-bond donors (Lipinski definition) is 4. The van der Waals surface area contributed by atoms with Crippen LogP contribution in [-0.4, -0.2) is 62.1 Å². The van der Waals surface area contributed by atoms with Crippen molar-refractivity contribution in [2.75, 3.05) is 30.8 Å². The Morgan fingerprint density at radius 2 is 2.10 bits per heavy atom. The van der Waals surface area contributed by atoms with Gasteiger partial charge in [0.15, 0.2) is 11.5 Å². The highest BCUT2D eigenvalue weighted by atomic mass is 19.4. The number of piperidine rings is 1. The van der Waals surface area contributed by atoms with Gasteiger partial charge in [-0.1, -0.05) is 0 Å². The number of hydrogen-bond acceptors (Lipinski definition) is 7. The average Bonchev–Trinajstić information content (AvgIpc) is 3.20. The minimum atomic E-state index is -4.66. The van der Waals surface area contributed by atoms with E-state index in [1.807, 2.05) is 0 Å². The van der Waals surface area contributed by atoms with Gasteiger partial charge in [0.25, 0.3) is 5.91 Å². The molecule has 9 nitrogen and oxygen atoms in total. The average molecular weight is 435 g/mol. The first-order chi connectivity index (χ1) is 14.7. The third-order valence-corrected chi connectivity index (χ3v) is 4.97. The van der Waals surface area contributed by atoms with Gasteiger partial charge >= 0.3 is 6.18 Å². The van der Waals surface area contributed by atoms with Crippen molar-refractivity contribution >= 4 is 34.5 Å². The number of carbonyl (C=O) groups excluding carboxylic acids is 1. The van der Waals surface area contributed by atoms with Crippen LogP contribution < -0.4 is 10.6 Å². The van der Waals surface area contributed by atoms with Crippen molar-refractivity contribution in [1.82, 2.24) is 24.8 Å². The van der Waals surface area contributed by atoms with Crippen LogP contribution in [0.25, 0.3) is 11.2 Å². The number of aromatic amines is 1. The van der Waals surface area contributed by atoms with Gasteiger partial charge in [0.05, 0.1) is 18.0 Å². The summed E-state index contributed by atoms with van der Waals surface area (Å²) in [6.45, 7) is 0.460. The molecule has 12 heteroatoms. The van der Waals surface area contributed by atoms with Gasteiger partial charge in [0.1, 0.15) is 5.52 Å². The minimum absolute atomic E-state index is 0.00710. The first kappa shape index (κ1) is 20.8. The lowest BCUT2D eigenvalue weighted by atomic mass is 10.0. The van der Waals surface area contributed by atoms with Crippen LogP contribution in [0.4, 0.5) is 30.6 Å². The van der Waals surface area contributed by atoms with Gasteiger partial charge in [0, 0.05) is 31.4 Å². The molecule has 0 bridgehead atoms. The van der Waals surface area contributed by atoms with Crippen molar-refractivity contribution in [1.29, 1.82) is 0 Å². The number of alkyl halides is 3. The molecule has 1 aliphatic rings. The quantitative estimate of drug-likeness (QED) is 0.498. The van der Waals surface area contributed by atoms with Crippen LogP contribution in [-0.2, 0) is 6.18 Å². The molecule has 1 unspecified atom stereocenters. The van der Waals surface area contributed by atoms with E-state index in [0.717, 1.165) is 12.1 Å². The second-order valence-electron chi connectivity index (χ2n) is 7.22. The maximum atomic E-state index is 13.5. The van der Waals surface area contributed by atoms with E-state index < -0.39 is 23.8 Å². The first-order valence-corrected chi connectivity index (χ1v) is 9.60. The number of fused-ring (bicyclic) bond motifs is 1. The number of benzene rings is 1. The van der Waals surface area contributed by atoms with Crippen LogP contribution in [0.5, 0.6) is 0 Å². The van der Waals surface area contributed by atoms with E-state index in [2.05, 4.69) is 30.6 Å². The molecule has 4 rings (SSSR count). The summed E-state index contributed by atoms with van der Waals surface area (Å²) in [5.41, 5.74) is -0.231. The summed E-state index contributed by atoms with van der Waals surface area (Å²) < 4.78 is 40.5. The number of halogens is 3. The highest BCUT2D eigenvalue weighted by Gasteiger charge is 2.33. The summed E-state index contributed by atoms with van der Waals surface area (Å²) in [6, 6.07) is 3.01. The van der Waals surface area contributed by atoms with Gasteiger partial charge < -0.3 is 25.6 Å². The van der Waals surface area contributed by atoms with Crippen LogP contribution in [0.2, 0.25) is 0 Å². The Bertz CT molecular complexity index is 1120. The van der Waals surface area contributed by atoms with Crippen LogP contribution in [0.15, 0.2) is 24.5 Å². The lowest BCUT2D eigenvalue weighted by Crippen LogP contribution is -2.42. The lowest BCUT2D eigenvalue weighted by molar-refractivity contribution is -0.137. The van der Waals surface area contributed by atoms with Gasteiger partial charge in [0.2, 0.25) is 5.95 Å². The number of nitrogens with zero attached hydrogens (tertiary/aromatic N) is 4. The van der Waals surface area contributed by atoms with Gasteiger partial charge in [-0.15, -0.1) is 0 Å². The molecule has 2 aromatic heterocycles. The molecule has 1 amide bonds. The number of carbonyl (C=O) groups is 1. The van der Waals surface area contributed by atoms with Crippen molar-refractivity contribution in [3.05, 3.63) is 35.7 Å².